The van der Waals surface area contributed by atoms with E-state index in [0.717, 1.165) is 16.7 Å². The molecule has 0 atom stereocenters. The molecule has 1 heterocycles. The summed E-state index contributed by atoms with van der Waals surface area (Å²) in [7, 11) is 0. The highest BCUT2D eigenvalue weighted by atomic mass is 35.5. The molecule has 4 heteroatoms. The van der Waals surface area contributed by atoms with Gasteiger partial charge in [0.1, 0.15) is 5.69 Å². The average molecular weight is 238 g/mol. The molecule has 2 aromatic rings. The lowest BCUT2D eigenvalue weighted by Crippen LogP contribution is -1.88. The monoisotopic (exact) mass is 237 g/mol. The highest BCUT2D eigenvalue weighted by Gasteiger charge is 2.15. The predicted molar refractivity (Wildman–Crippen MR) is 62.3 cm³/mol. The number of halogens is 1. The molecule has 84 valence electrons. The third-order valence-electron chi connectivity index (χ3n) is 2.39. The van der Waals surface area contributed by atoms with Crippen LogP contribution in [0, 0.1) is 13.8 Å². The van der Waals surface area contributed by atoms with E-state index in [1.165, 1.54) is 0 Å². The summed E-state index contributed by atoms with van der Waals surface area (Å²) in [6.07, 6.45) is 0. The van der Waals surface area contributed by atoms with Gasteiger partial charge in [0, 0.05) is 5.56 Å². The number of rotatable bonds is 2. The first-order chi connectivity index (χ1) is 7.61. The van der Waals surface area contributed by atoms with Gasteiger partial charge in [-0.05, 0) is 37.6 Å². The van der Waals surface area contributed by atoms with Gasteiger partial charge < -0.3 is 9.63 Å². The van der Waals surface area contributed by atoms with Gasteiger partial charge in [-0.15, -0.1) is 0 Å². The molecular formula is C12H12ClNO2. The van der Waals surface area contributed by atoms with E-state index in [1.807, 2.05) is 26.0 Å². The lowest BCUT2D eigenvalue weighted by molar-refractivity contribution is 0.281. The number of aliphatic hydroxyl groups is 1. The largest absolute Gasteiger partial charge is 0.391 e. The number of aromatic nitrogens is 1. The topological polar surface area (TPSA) is 46.3 Å². The maximum absolute atomic E-state index is 9.20. The summed E-state index contributed by atoms with van der Waals surface area (Å²) in [4.78, 5) is 0. The minimum Gasteiger partial charge on any atom is -0.391 e. The van der Waals surface area contributed by atoms with Crippen molar-refractivity contribution in [1.82, 2.24) is 5.16 Å². The summed E-state index contributed by atoms with van der Waals surface area (Å²) in [5.41, 5.74) is 4.33. The number of hydrogen-bond acceptors (Lipinski definition) is 3. The van der Waals surface area contributed by atoms with Crippen LogP contribution in [0.2, 0.25) is 5.22 Å². The predicted octanol–water partition coefficient (Wildman–Crippen LogP) is 3.10. The maximum Gasteiger partial charge on any atom is 0.232 e. The van der Waals surface area contributed by atoms with Crippen molar-refractivity contribution in [3.05, 3.63) is 40.1 Å². The zero-order valence-electron chi connectivity index (χ0n) is 9.12. The molecule has 0 radical (unpaired) electrons. The highest BCUT2D eigenvalue weighted by Crippen LogP contribution is 2.29. The summed E-state index contributed by atoms with van der Waals surface area (Å²) in [6, 6.07) is 6.05. The Labute approximate surface area is 98.6 Å². The molecule has 0 fully saturated rings. The molecule has 0 saturated carbocycles. The summed E-state index contributed by atoms with van der Waals surface area (Å²) in [6.45, 7) is 3.85. The molecule has 1 aromatic carbocycles. The molecule has 0 aliphatic rings. The first kappa shape index (κ1) is 11.2. The summed E-state index contributed by atoms with van der Waals surface area (Å²) < 4.78 is 4.88. The fourth-order valence-electron chi connectivity index (χ4n) is 1.76. The van der Waals surface area contributed by atoms with Crippen LogP contribution < -0.4 is 0 Å². The Morgan fingerprint density at radius 2 is 1.88 bits per heavy atom. The van der Waals surface area contributed by atoms with Crippen LogP contribution in [-0.4, -0.2) is 10.3 Å². The van der Waals surface area contributed by atoms with Gasteiger partial charge in [0.15, 0.2) is 0 Å². The van der Waals surface area contributed by atoms with Crippen LogP contribution >= 0.6 is 11.6 Å². The van der Waals surface area contributed by atoms with Crippen molar-refractivity contribution >= 4 is 11.6 Å². The van der Waals surface area contributed by atoms with E-state index in [-0.39, 0.29) is 11.8 Å². The van der Waals surface area contributed by atoms with Crippen LogP contribution in [0.4, 0.5) is 0 Å². The van der Waals surface area contributed by atoms with Gasteiger partial charge in [0.25, 0.3) is 0 Å². The molecule has 0 amide bonds. The SMILES string of the molecule is Cc1cc(C)cc(-c2noc(Cl)c2CO)c1. The van der Waals surface area contributed by atoms with Crippen LogP contribution in [0.15, 0.2) is 22.7 Å². The van der Waals surface area contributed by atoms with Crippen molar-refractivity contribution < 1.29 is 9.63 Å². The van der Waals surface area contributed by atoms with Crippen LogP contribution in [-0.2, 0) is 6.61 Å². The molecular weight excluding hydrogens is 226 g/mol. The number of aryl methyl sites for hydroxylation is 2. The van der Waals surface area contributed by atoms with E-state index in [0.29, 0.717) is 11.3 Å². The van der Waals surface area contributed by atoms with Gasteiger partial charge in [-0.25, -0.2) is 0 Å². The maximum atomic E-state index is 9.20. The van der Waals surface area contributed by atoms with E-state index in [2.05, 4.69) is 11.2 Å². The van der Waals surface area contributed by atoms with Gasteiger partial charge in [-0.3, -0.25) is 0 Å². The molecule has 0 saturated heterocycles. The number of hydrogen-bond donors (Lipinski definition) is 1. The molecule has 0 bridgehead atoms. The van der Waals surface area contributed by atoms with Gasteiger partial charge in [-0.1, -0.05) is 22.3 Å². The molecule has 2 rings (SSSR count). The zero-order valence-corrected chi connectivity index (χ0v) is 9.88. The smallest absolute Gasteiger partial charge is 0.232 e. The van der Waals surface area contributed by atoms with Crippen molar-refractivity contribution in [3.8, 4) is 11.3 Å². The van der Waals surface area contributed by atoms with E-state index in [9.17, 15) is 5.11 Å². The minimum absolute atomic E-state index is 0.150. The van der Waals surface area contributed by atoms with Gasteiger partial charge >= 0.3 is 0 Å². The summed E-state index contributed by atoms with van der Waals surface area (Å²) in [5.74, 6) is 0. The van der Waals surface area contributed by atoms with Crippen LogP contribution in [0.1, 0.15) is 16.7 Å². The minimum atomic E-state index is -0.176. The Kier molecular flexibility index (Phi) is 2.99. The molecule has 1 aromatic heterocycles. The Hall–Kier alpha value is -1.32. The third kappa shape index (κ3) is 1.96. The van der Waals surface area contributed by atoms with Crippen molar-refractivity contribution in [2.45, 2.75) is 20.5 Å². The van der Waals surface area contributed by atoms with Crippen LogP contribution in [0.5, 0.6) is 0 Å². The van der Waals surface area contributed by atoms with Crippen molar-refractivity contribution in [3.63, 3.8) is 0 Å². The van der Waals surface area contributed by atoms with E-state index >= 15 is 0 Å². The molecule has 0 aliphatic heterocycles. The second-order valence-electron chi connectivity index (χ2n) is 3.82. The van der Waals surface area contributed by atoms with Crippen LogP contribution in [0.25, 0.3) is 11.3 Å². The summed E-state index contributed by atoms with van der Waals surface area (Å²) >= 11 is 5.79. The second kappa shape index (κ2) is 4.28. The fourth-order valence-corrected chi connectivity index (χ4v) is 1.95. The normalized spacial score (nSPS) is 10.8. The number of nitrogens with zero attached hydrogens (tertiary/aromatic N) is 1. The first-order valence-electron chi connectivity index (χ1n) is 4.95. The highest BCUT2D eigenvalue weighted by molar-refractivity contribution is 6.29. The van der Waals surface area contributed by atoms with Crippen LogP contribution in [0.3, 0.4) is 0 Å². The lowest BCUT2D eigenvalue weighted by atomic mass is 10.0. The molecule has 0 aliphatic carbocycles. The van der Waals surface area contributed by atoms with Gasteiger partial charge in [0.05, 0.1) is 12.2 Å². The lowest BCUT2D eigenvalue weighted by Gasteiger charge is -2.03. The first-order valence-corrected chi connectivity index (χ1v) is 5.33. The molecule has 16 heavy (non-hydrogen) atoms. The number of benzene rings is 1. The molecule has 1 N–H and O–H groups in total. The average Bonchev–Trinajstić information content (AvgIpc) is 2.58. The number of aliphatic hydroxyl groups excluding tert-OH is 1. The third-order valence-corrected chi connectivity index (χ3v) is 2.69. The molecule has 0 spiro atoms. The van der Waals surface area contributed by atoms with Gasteiger partial charge in [0.2, 0.25) is 5.22 Å². The second-order valence-corrected chi connectivity index (χ2v) is 4.16. The molecule has 0 unspecified atom stereocenters. The van der Waals surface area contributed by atoms with Crippen molar-refractivity contribution in [1.29, 1.82) is 0 Å². The Morgan fingerprint density at radius 3 is 2.44 bits per heavy atom. The van der Waals surface area contributed by atoms with Crippen molar-refractivity contribution in [2.24, 2.45) is 0 Å². The van der Waals surface area contributed by atoms with Gasteiger partial charge in [-0.2, -0.15) is 0 Å². The fraction of sp³-hybridized carbons (Fsp3) is 0.250. The zero-order chi connectivity index (χ0) is 11.7. The quantitative estimate of drug-likeness (QED) is 0.873. The van der Waals surface area contributed by atoms with Crippen molar-refractivity contribution in [2.75, 3.05) is 0 Å². The standard InChI is InChI=1S/C12H12ClNO2/c1-7-3-8(2)5-9(4-7)11-10(6-15)12(13)16-14-11/h3-5,15H,6H2,1-2H3. The Bertz CT molecular complexity index is 499. The van der Waals surface area contributed by atoms with E-state index in [4.69, 9.17) is 16.1 Å². The summed E-state index contributed by atoms with van der Waals surface area (Å²) in [5, 5.41) is 13.2. The Balaban J connectivity index is 2.58. The van der Waals surface area contributed by atoms with E-state index < -0.39 is 0 Å². The van der Waals surface area contributed by atoms with E-state index in [1.54, 1.807) is 0 Å². The molecule has 3 nitrogen and oxygen atoms in total. The Morgan fingerprint density at radius 1 is 1.25 bits per heavy atom.